The lowest BCUT2D eigenvalue weighted by Gasteiger charge is -2.01. The molecule has 0 radical (unpaired) electrons. The Morgan fingerprint density at radius 3 is 3.07 bits per heavy atom. The largest absolute Gasteiger partial charge is 0.461 e. The number of nitrogens with zero attached hydrogens (tertiary/aromatic N) is 2. The molecule has 0 aliphatic carbocycles. The van der Waals surface area contributed by atoms with Crippen LogP contribution in [0.4, 0.5) is 0 Å². The lowest BCUT2D eigenvalue weighted by atomic mass is 10.3. The van der Waals surface area contributed by atoms with Crippen LogP contribution in [-0.4, -0.2) is 16.5 Å². The molecule has 0 saturated carbocycles. The van der Waals surface area contributed by atoms with Crippen LogP contribution in [0.25, 0.3) is 11.6 Å². The van der Waals surface area contributed by atoms with Gasteiger partial charge in [-0.05, 0) is 24.7 Å². The van der Waals surface area contributed by atoms with Gasteiger partial charge in [0.1, 0.15) is 0 Å². The first-order valence-electron chi connectivity index (χ1n) is 4.96. The minimum Gasteiger partial charge on any atom is -0.461 e. The second-order valence-electron chi connectivity index (χ2n) is 3.13. The van der Waals surface area contributed by atoms with Crippen molar-refractivity contribution in [1.82, 2.24) is 15.3 Å². The second kappa shape index (κ2) is 4.70. The van der Waals surface area contributed by atoms with E-state index in [-0.39, 0.29) is 0 Å². The number of aromatic nitrogens is 2. The maximum atomic E-state index is 5.23. The first-order chi connectivity index (χ1) is 7.40. The van der Waals surface area contributed by atoms with E-state index >= 15 is 0 Å². The minimum absolute atomic E-state index is 0.635. The topological polar surface area (TPSA) is 51.0 Å². The highest BCUT2D eigenvalue weighted by molar-refractivity contribution is 5.45. The van der Waals surface area contributed by atoms with Gasteiger partial charge >= 0.3 is 0 Å². The number of hydrogen-bond donors (Lipinski definition) is 1. The summed E-state index contributed by atoms with van der Waals surface area (Å²) < 4.78 is 5.23. The van der Waals surface area contributed by atoms with Crippen molar-refractivity contribution >= 4 is 0 Å². The Hall–Kier alpha value is -1.68. The van der Waals surface area contributed by atoms with Gasteiger partial charge in [-0.2, -0.15) is 0 Å². The Balaban J connectivity index is 2.19. The lowest BCUT2D eigenvalue weighted by Crippen LogP contribution is -2.13. The van der Waals surface area contributed by atoms with E-state index in [1.54, 1.807) is 12.5 Å². The number of nitrogens with one attached hydrogen (secondary N) is 1. The summed E-state index contributed by atoms with van der Waals surface area (Å²) >= 11 is 0. The van der Waals surface area contributed by atoms with Crippen molar-refractivity contribution in [2.45, 2.75) is 13.5 Å². The fourth-order valence-corrected chi connectivity index (χ4v) is 1.27. The van der Waals surface area contributed by atoms with Crippen LogP contribution in [0, 0.1) is 0 Å². The zero-order chi connectivity index (χ0) is 10.5. The average molecular weight is 203 g/mol. The molecule has 78 valence electrons. The van der Waals surface area contributed by atoms with Crippen molar-refractivity contribution in [3.63, 3.8) is 0 Å². The first kappa shape index (κ1) is 9.86. The molecule has 0 aromatic carbocycles. The lowest BCUT2D eigenvalue weighted by molar-refractivity contribution is 0.576. The zero-order valence-corrected chi connectivity index (χ0v) is 8.60. The van der Waals surface area contributed by atoms with Crippen LogP contribution >= 0.6 is 0 Å². The zero-order valence-electron chi connectivity index (χ0n) is 8.60. The maximum absolute atomic E-state index is 5.23. The fraction of sp³-hybridized carbons (Fsp3) is 0.273. The second-order valence-corrected chi connectivity index (χ2v) is 3.13. The molecule has 2 heterocycles. The van der Waals surface area contributed by atoms with Gasteiger partial charge in [0.05, 0.1) is 12.0 Å². The number of rotatable bonds is 4. The van der Waals surface area contributed by atoms with Gasteiger partial charge in [-0.15, -0.1) is 0 Å². The van der Waals surface area contributed by atoms with E-state index in [0.29, 0.717) is 11.6 Å². The Bertz CT molecular complexity index is 412. The van der Waals surface area contributed by atoms with Crippen LogP contribution < -0.4 is 5.32 Å². The molecule has 2 aromatic heterocycles. The van der Waals surface area contributed by atoms with Crippen molar-refractivity contribution in [1.29, 1.82) is 0 Å². The summed E-state index contributed by atoms with van der Waals surface area (Å²) in [7, 11) is 0. The van der Waals surface area contributed by atoms with Crippen LogP contribution in [-0.2, 0) is 6.54 Å². The molecule has 0 unspecified atom stereocenters. The Morgan fingerprint density at radius 2 is 2.33 bits per heavy atom. The maximum Gasteiger partial charge on any atom is 0.195 e. The summed E-state index contributed by atoms with van der Waals surface area (Å²) in [6, 6.07) is 5.58. The average Bonchev–Trinajstić information content (AvgIpc) is 2.80. The van der Waals surface area contributed by atoms with Crippen LogP contribution in [0.3, 0.4) is 0 Å². The number of hydrogen-bond acceptors (Lipinski definition) is 4. The van der Waals surface area contributed by atoms with Crippen molar-refractivity contribution in [2.24, 2.45) is 0 Å². The molecule has 2 rings (SSSR count). The van der Waals surface area contributed by atoms with Crippen molar-refractivity contribution in [3.8, 4) is 11.6 Å². The van der Waals surface area contributed by atoms with Gasteiger partial charge in [0.2, 0.25) is 0 Å². The SMILES string of the molecule is CCNCc1ccnc(-c2ccco2)n1. The van der Waals surface area contributed by atoms with Gasteiger partial charge in [0.15, 0.2) is 11.6 Å². The molecule has 0 aliphatic rings. The minimum atomic E-state index is 0.635. The normalized spacial score (nSPS) is 10.5. The smallest absolute Gasteiger partial charge is 0.195 e. The summed E-state index contributed by atoms with van der Waals surface area (Å²) in [4.78, 5) is 8.54. The van der Waals surface area contributed by atoms with Crippen molar-refractivity contribution in [3.05, 3.63) is 36.4 Å². The monoisotopic (exact) mass is 203 g/mol. The highest BCUT2D eigenvalue weighted by Crippen LogP contribution is 2.14. The van der Waals surface area contributed by atoms with Crippen LogP contribution in [0.15, 0.2) is 35.1 Å². The molecule has 4 nitrogen and oxygen atoms in total. The van der Waals surface area contributed by atoms with Crippen LogP contribution in [0.1, 0.15) is 12.6 Å². The van der Waals surface area contributed by atoms with Crippen molar-refractivity contribution in [2.75, 3.05) is 6.54 Å². The molecule has 0 amide bonds. The Morgan fingerprint density at radius 1 is 1.40 bits per heavy atom. The summed E-state index contributed by atoms with van der Waals surface area (Å²) in [6.45, 7) is 3.75. The van der Waals surface area contributed by atoms with E-state index in [1.165, 1.54) is 0 Å². The van der Waals surface area contributed by atoms with Gasteiger partial charge in [0.25, 0.3) is 0 Å². The fourth-order valence-electron chi connectivity index (χ4n) is 1.27. The van der Waals surface area contributed by atoms with Crippen molar-refractivity contribution < 1.29 is 4.42 Å². The summed E-state index contributed by atoms with van der Waals surface area (Å²) in [6.07, 6.45) is 3.37. The van der Waals surface area contributed by atoms with Gasteiger partial charge in [-0.1, -0.05) is 6.92 Å². The van der Waals surface area contributed by atoms with E-state index in [2.05, 4.69) is 22.2 Å². The summed E-state index contributed by atoms with van der Waals surface area (Å²) in [5.74, 6) is 1.34. The predicted molar refractivity (Wildman–Crippen MR) is 57.1 cm³/mol. The molecule has 0 aliphatic heterocycles. The van der Waals surface area contributed by atoms with Gasteiger partial charge < -0.3 is 9.73 Å². The number of furan rings is 1. The van der Waals surface area contributed by atoms with E-state index in [1.807, 2.05) is 18.2 Å². The third-order valence-corrected chi connectivity index (χ3v) is 2.01. The van der Waals surface area contributed by atoms with Crippen LogP contribution in [0.2, 0.25) is 0 Å². The molecule has 0 atom stereocenters. The third-order valence-electron chi connectivity index (χ3n) is 2.01. The molecule has 0 spiro atoms. The van der Waals surface area contributed by atoms with Gasteiger partial charge in [0, 0.05) is 12.7 Å². The molecule has 0 fully saturated rings. The molecule has 15 heavy (non-hydrogen) atoms. The molecular weight excluding hydrogens is 190 g/mol. The molecular formula is C11H13N3O. The van der Waals surface area contributed by atoms with Gasteiger partial charge in [-0.25, -0.2) is 9.97 Å². The quantitative estimate of drug-likeness (QED) is 0.823. The summed E-state index contributed by atoms with van der Waals surface area (Å²) in [5, 5.41) is 3.22. The highest BCUT2D eigenvalue weighted by Gasteiger charge is 2.04. The molecule has 0 bridgehead atoms. The first-order valence-corrected chi connectivity index (χ1v) is 4.96. The molecule has 2 aromatic rings. The van der Waals surface area contributed by atoms with E-state index < -0.39 is 0 Å². The molecule has 0 saturated heterocycles. The van der Waals surface area contributed by atoms with Crippen LogP contribution in [0.5, 0.6) is 0 Å². The predicted octanol–water partition coefficient (Wildman–Crippen LogP) is 1.85. The third kappa shape index (κ3) is 2.41. The molecule has 4 heteroatoms. The Labute approximate surface area is 88.4 Å². The van der Waals surface area contributed by atoms with E-state index in [9.17, 15) is 0 Å². The summed E-state index contributed by atoms with van der Waals surface area (Å²) in [5.41, 5.74) is 0.971. The molecule has 1 N–H and O–H groups in total. The highest BCUT2D eigenvalue weighted by atomic mass is 16.3. The van der Waals surface area contributed by atoms with E-state index in [4.69, 9.17) is 4.42 Å². The standard InChI is InChI=1S/C11H13N3O/c1-2-12-8-9-5-6-13-11(14-9)10-4-3-7-15-10/h3-7,12H,2,8H2,1H3. The Kier molecular flexibility index (Phi) is 3.09. The van der Waals surface area contributed by atoms with E-state index in [0.717, 1.165) is 18.8 Å². The van der Waals surface area contributed by atoms with Gasteiger partial charge in [-0.3, -0.25) is 0 Å².